The van der Waals surface area contributed by atoms with Gasteiger partial charge in [-0.1, -0.05) is 0 Å². The van der Waals surface area contributed by atoms with E-state index in [0.717, 1.165) is 0 Å². The topological polar surface area (TPSA) is 75.2 Å². The zero-order chi connectivity index (χ0) is 16.7. The predicted molar refractivity (Wildman–Crippen MR) is 83.0 cm³/mol. The molecule has 0 radical (unpaired) electrons. The Kier molecular flexibility index (Phi) is 13.9. The standard InChI is InChI=1S/C14H28ClNO6/c1-4-18-8-9-19-10-11-22-14(3,20-5-2)21-7-6-16-13(17)12-15/h4-12H2,1-3H3,(H,16,17). The molecule has 1 N–H and O–H groups in total. The number of hydrogen-bond donors (Lipinski definition) is 1. The third-order valence-corrected chi connectivity index (χ3v) is 2.73. The van der Waals surface area contributed by atoms with E-state index in [1.54, 1.807) is 6.92 Å². The van der Waals surface area contributed by atoms with Crippen LogP contribution in [0.1, 0.15) is 20.8 Å². The number of carbonyl (C=O) groups excluding carboxylic acids is 1. The van der Waals surface area contributed by atoms with Crippen molar-refractivity contribution >= 4 is 17.5 Å². The molecular weight excluding hydrogens is 314 g/mol. The molecule has 8 heteroatoms. The molecule has 0 fully saturated rings. The number of halogens is 1. The normalized spacial score (nSPS) is 13.8. The van der Waals surface area contributed by atoms with Gasteiger partial charge in [-0.25, -0.2) is 0 Å². The fourth-order valence-corrected chi connectivity index (χ4v) is 1.61. The summed E-state index contributed by atoms with van der Waals surface area (Å²) in [5.74, 6) is -1.48. The summed E-state index contributed by atoms with van der Waals surface area (Å²) in [6.07, 6.45) is 0. The van der Waals surface area contributed by atoms with E-state index < -0.39 is 5.97 Å². The van der Waals surface area contributed by atoms with Gasteiger partial charge < -0.3 is 29.0 Å². The summed E-state index contributed by atoms with van der Waals surface area (Å²) < 4.78 is 27.0. The molecular formula is C14H28ClNO6. The summed E-state index contributed by atoms with van der Waals surface area (Å²) in [6.45, 7) is 9.00. The van der Waals surface area contributed by atoms with Crippen molar-refractivity contribution in [3.05, 3.63) is 0 Å². The van der Waals surface area contributed by atoms with Crippen LogP contribution in [-0.2, 0) is 28.5 Å². The molecule has 0 aromatic heterocycles. The summed E-state index contributed by atoms with van der Waals surface area (Å²) in [4.78, 5) is 11.0. The third-order valence-electron chi connectivity index (χ3n) is 2.48. The molecule has 132 valence electrons. The molecule has 0 aromatic carbocycles. The highest BCUT2D eigenvalue weighted by atomic mass is 35.5. The fraction of sp³-hybridized carbons (Fsp3) is 0.929. The van der Waals surface area contributed by atoms with Crippen LogP contribution < -0.4 is 5.32 Å². The number of carbonyl (C=O) groups is 1. The zero-order valence-corrected chi connectivity index (χ0v) is 14.4. The lowest BCUT2D eigenvalue weighted by molar-refractivity contribution is -0.369. The molecule has 1 amide bonds. The first-order valence-electron chi connectivity index (χ1n) is 7.48. The average molecular weight is 342 g/mol. The van der Waals surface area contributed by atoms with Crippen LogP contribution in [0.3, 0.4) is 0 Å². The minimum absolute atomic E-state index is 0.0711. The molecule has 1 unspecified atom stereocenters. The summed E-state index contributed by atoms with van der Waals surface area (Å²) in [5, 5.41) is 2.60. The van der Waals surface area contributed by atoms with E-state index in [-0.39, 0.29) is 18.4 Å². The Bertz CT molecular complexity index is 282. The number of ether oxygens (including phenoxy) is 5. The van der Waals surface area contributed by atoms with Gasteiger partial charge in [-0.2, -0.15) is 0 Å². The Labute approximate surface area is 137 Å². The molecule has 22 heavy (non-hydrogen) atoms. The van der Waals surface area contributed by atoms with Crippen molar-refractivity contribution < 1.29 is 28.5 Å². The monoisotopic (exact) mass is 341 g/mol. The maximum Gasteiger partial charge on any atom is 0.280 e. The van der Waals surface area contributed by atoms with Crippen LogP contribution in [0.2, 0.25) is 0 Å². The first-order valence-corrected chi connectivity index (χ1v) is 8.01. The van der Waals surface area contributed by atoms with Gasteiger partial charge in [-0.15, -0.1) is 11.6 Å². The Balaban J connectivity index is 3.82. The van der Waals surface area contributed by atoms with Gasteiger partial charge >= 0.3 is 0 Å². The highest BCUT2D eigenvalue weighted by molar-refractivity contribution is 6.27. The molecule has 0 aliphatic carbocycles. The summed E-state index contributed by atoms with van der Waals surface area (Å²) >= 11 is 5.38. The number of rotatable bonds is 15. The highest BCUT2D eigenvalue weighted by Gasteiger charge is 2.26. The minimum Gasteiger partial charge on any atom is -0.379 e. The molecule has 1 atom stereocenters. The van der Waals surface area contributed by atoms with Gasteiger partial charge in [0.05, 0.1) is 33.0 Å². The summed E-state index contributed by atoms with van der Waals surface area (Å²) in [5.41, 5.74) is 0. The minimum atomic E-state index is -1.16. The number of hydrogen-bond acceptors (Lipinski definition) is 6. The van der Waals surface area contributed by atoms with Gasteiger partial charge in [0, 0.05) is 26.7 Å². The molecule has 0 rings (SSSR count). The Morgan fingerprint density at radius 2 is 1.59 bits per heavy atom. The fourth-order valence-electron chi connectivity index (χ4n) is 1.51. The van der Waals surface area contributed by atoms with Crippen molar-refractivity contribution in [3.8, 4) is 0 Å². The maximum absolute atomic E-state index is 11.0. The second kappa shape index (κ2) is 14.2. The van der Waals surface area contributed by atoms with E-state index in [4.69, 9.17) is 35.3 Å². The molecule has 0 aliphatic rings. The zero-order valence-electron chi connectivity index (χ0n) is 13.7. The van der Waals surface area contributed by atoms with Crippen molar-refractivity contribution in [1.29, 1.82) is 0 Å². The van der Waals surface area contributed by atoms with Crippen LogP contribution in [0, 0.1) is 0 Å². The molecule has 0 spiro atoms. The van der Waals surface area contributed by atoms with Gasteiger partial charge in [0.25, 0.3) is 5.97 Å². The quantitative estimate of drug-likeness (QED) is 0.273. The summed E-state index contributed by atoms with van der Waals surface area (Å²) in [7, 11) is 0. The lowest BCUT2D eigenvalue weighted by Gasteiger charge is -2.29. The highest BCUT2D eigenvalue weighted by Crippen LogP contribution is 2.14. The van der Waals surface area contributed by atoms with Crippen LogP contribution in [0.25, 0.3) is 0 Å². The van der Waals surface area contributed by atoms with E-state index in [9.17, 15) is 4.79 Å². The van der Waals surface area contributed by atoms with Gasteiger partial charge in [0.15, 0.2) is 0 Å². The van der Waals surface area contributed by atoms with Crippen LogP contribution in [-0.4, -0.2) is 70.6 Å². The molecule has 0 saturated carbocycles. The number of nitrogens with one attached hydrogen (secondary N) is 1. The van der Waals surface area contributed by atoms with E-state index in [1.807, 2.05) is 13.8 Å². The molecule has 0 aliphatic heterocycles. The molecule has 7 nitrogen and oxygen atoms in total. The molecule has 0 saturated heterocycles. The van der Waals surface area contributed by atoms with Gasteiger partial charge in [-0.05, 0) is 13.8 Å². The number of alkyl halides is 1. The van der Waals surface area contributed by atoms with Gasteiger partial charge in [0.2, 0.25) is 5.91 Å². The van der Waals surface area contributed by atoms with Gasteiger partial charge in [-0.3, -0.25) is 4.79 Å². The van der Waals surface area contributed by atoms with Crippen molar-refractivity contribution in [3.63, 3.8) is 0 Å². The first kappa shape index (κ1) is 21.6. The third kappa shape index (κ3) is 12.1. The van der Waals surface area contributed by atoms with Crippen LogP contribution in [0.15, 0.2) is 0 Å². The van der Waals surface area contributed by atoms with Gasteiger partial charge in [0.1, 0.15) is 5.88 Å². The molecule has 0 heterocycles. The molecule has 0 bridgehead atoms. The van der Waals surface area contributed by atoms with Crippen molar-refractivity contribution in [2.24, 2.45) is 0 Å². The number of amides is 1. The van der Waals surface area contributed by atoms with Crippen LogP contribution >= 0.6 is 11.6 Å². The van der Waals surface area contributed by atoms with Crippen LogP contribution in [0.5, 0.6) is 0 Å². The second-order valence-electron chi connectivity index (χ2n) is 4.29. The Hall–Kier alpha value is -0.440. The Morgan fingerprint density at radius 1 is 0.955 bits per heavy atom. The van der Waals surface area contributed by atoms with Crippen LogP contribution in [0.4, 0.5) is 0 Å². The maximum atomic E-state index is 11.0. The largest absolute Gasteiger partial charge is 0.379 e. The molecule has 0 aromatic rings. The SMILES string of the molecule is CCOCCOCCOC(C)(OCC)OCCNC(=O)CCl. The van der Waals surface area contributed by atoms with Crippen molar-refractivity contribution in [1.82, 2.24) is 5.32 Å². The van der Waals surface area contributed by atoms with Crippen molar-refractivity contribution in [2.75, 3.05) is 58.7 Å². The average Bonchev–Trinajstić information content (AvgIpc) is 2.51. The first-order chi connectivity index (χ1) is 10.6. The lowest BCUT2D eigenvalue weighted by atomic mass is 10.5. The Morgan fingerprint density at radius 3 is 2.23 bits per heavy atom. The smallest absolute Gasteiger partial charge is 0.280 e. The lowest BCUT2D eigenvalue weighted by Crippen LogP contribution is -2.39. The predicted octanol–water partition coefficient (Wildman–Crippen LogP) is 1.14. The van der Waals surface area contributed by atoms with E-state index in [1.165, 1.54) is 0 Å². The van der Waals surface area contributed by atoms with Crippen molar-refractivity contribution in [2.45, 2.75) is 26.7 Å². The van der Waals surface area contributed by atoms with E-state index in [2.05, 4.69) is 5.32 Å². The van der Waals surface area contributed by atoms with E-state index >= 15 is 0 Å². The van der Waals surface area contributed by atoms with E-state index in [0.29, 0.717) is 46.2 Å². The summed E-state index contributed by atoms with van der Waals surface area (Å²) in [6, 6.07) is 0. The second-order valence-corrected chi connectivity index (χ2v) is 4.55.